The Kier molecular flexibility index (Phi) is 6.09. The molecule has 5 heteroatoms. The van der Waals surface area contributed by atoms with Crippen LogP contribution < -0.4 is 5.32 Å². The first kappa shape index (κ1) is 18.3. The summed E-state index contributed by atoms with van der Waals surface area (Å²) in [6.07, 6.45) is 6.41. The van der Waals surface area contributed by atoms with Crippen LogP contribution in [0.4, 0.5) is 4.39 Å². The zero-order chi connectivity index (χ0) is 16.9. The topological polar surface area (TPSA) is 49.3 Å². The second-order valence-electron chi connectivity index (χ2n) is 6.77. The van der Waals surface area contributed by atoms with Gasteiger partial charge in [0, 0.05) is 12.3 Å². The molecular formula is C18H26FNO2S. The molecule has 0 aromatic heterocycles. The number of benzene rings is 1. The van der Waals surface area contributed by atoms with Crippen LogP contribution in [0, 0.1) is 5.82 Å². The van der Waals surface area contributed by atoms with Crippen LogP contribution in [0.2, 0.25) is 0 Å². The smallest absolute Gasteiger partial charge is 0.230 e. The molecule has 0 radical (unpaired) electrons. The molecular weight excluding hydrogens is 313 g/mol. The van der Waals surface area contributed by atoms with Crippen molar-refractivity contribution in [3.63, 3.8) is 0 Å². The molecule has 0 bridgehead atoms. The van der Waals surface area contributed by atoms with Gasteiger partial charge < -0.3 is 10.4 Å². The van der Waals surface area contributed by atoms with Gasteiger partial charge in [0.2, 0.25) is 5.91 Å². The molecule has 1 unspecified atom stereocenters. The Morgan fingerprint density at radius 3 is 2.70 bits per heavy atom. The first-order chi connectivity index (χ1) is 10.9. The number of carbonyl (C=O) groups excluding carboxylic acids is 1. The van der Waals surface area contributed by atoms with Crippen molar-refractivity contribution in [2.75, 3.05) is 18.6 Å². The Morgan fingerprint density at radius 1 is 1.39 bits per heavy atom. The number of halogens is 1. The van der Waals surface area contributed by atoms with E-state index in [4.69, 9.17) is 0 Å². The van der Waals surface area contributed by atoms with Gasteiger partial charge in [-0.15, -0.1) is 0 Å². The number of aliphatic hydroxyl groups is 1. The van der Waals surface area contributed by atoms with Gasteiger partial charge in [-0.2, -0.15) is 11.8 Å². The number of carbonyl (C=O) groups is 1. The van der Waals surface area contributed by atoms with Crippen LogP contribution in [0.3, 0.4) is 0 Å². The molecule has 0 spiro atoms. The summed E-state index contributed by atoms with van der Waals surface area (Å²) in [6, 6.07) is 6.39. The highest BCUT2D eigenvalue weighted by atomic mass is 32.2. The Morgan fingerprint density at radius 2 is 2.09 bits per heavy atom. The van der Waals surface area contributed by atoms with Crippen LogP contribution in [0.15, 0.2) is 24.3 Å². The molecule has 0 aliphatic heterocycles. The van der Waals surface area contributed by atoms with E-state index in [2.05, 4.69) is 5.32 Å². The lowest BCUT2D eigenvalue weighted by Crippen LogP contribution is -2.50. The standard InChI is InChI=1S/C18H26FNO2S/c1-17(22,13-23-2)12-20-16(21)18(9-4-3-5-10-18)14-7-6-8-15(19)11-14/h6-8,11,22H,3-5,9-10,12-13H2,1-2H3,(H,20,21). The monoisotopic (exact) mass is 339 g/mol. The highest BCUT2D eigenvalue weighted by molar-refractivity contribution is 7.98. The van der Waals surface area contributed by atoms with Crippen LogP contribution >= 0.6 is 11.8 Å². The Labute approximate surface area is 142 Å². The number of amides is 1. The maximum atomic E-state index is 13.7. The Bertz CT molecular complexity index is 542. The average molecular weight is 339 g/mol. The summed E-state index contributed by atoms with van der Waals surface area (Å²) in [7, 11) is 0. The first-order valence-electron chi connectivity index (χ1n) is 8.15. The molecule has 1 aromatic carbocycles. The molecule has 0 saturated heterocycles. The summed E-state index contributed by atoms with van der Waals surface area (Å²) in [5, 5.41) is 13.2. The second-order valence-corrected chi connectivity index (χ2v) is 7.63. The van der Waals surface area contributed by atoms with Gasteiger partial charge in [-0.25, -0.2) is 4.39 Å². The lowest BCUT2D eigenvalue weighted by molar-refractivity contribution is -0.129. The normalized spacial score (nSPS) is 19.8. The van der Waals surface area contributed by atoms with Gasteiger partial charge in [0.15, 0.2) is 0 Å². The summed E-state index contributed by atoms with van der Waals surface area (Å²) >= 11 is 1.54. The Hall–Kier alpha value is -1.07. The highest BCUT2D eigenvalue weighted by Crippen LogP contribution is 2.40. The van der Waals surface area contributed by atoms with E-state index >= 15 is 0 Å². The van der Waals surface area contributed by atoms with Crippen molar-refractivity contribution >= 4 is 17.7 Å². The van der Waals surface area contributed by atoms with Gasteiger partial charge in [0.1, 0.15) is 5.82 Å². The van der Waals surface area contributed by atoms with E-state index in [-0.39, 0.29) is 18.3 Å². The summed E-state index contributed by atoms with van der Waals surface area (Å²) in [5.74, 6) is 0.152. The number of hydrogen-bond acceptors (Lipinski definition) is 3. The van der Waals surface area contributed by atoms with E-state index in [0.29, 0.717) is 5.75 Å². The molecule has 1 fully saturated rings. The van der Waals surface area contributed by atoms with Crippen LogP contribution in [0.5, 0.6) is 0 Å². The van der Waals surface area contributed by atoms with E-state index in [1.165, 1.54) is 12.1 Å². The highest BCUT2D eigenvalue weighted by Gasteiger charge is 2.41. The quantitative estimate of drug-likeness (QED) is 0.836. The first-order valence-corrected chi connectivity index (χ1v) is 9.55. The van der Waals surface area contributed by atoms with Crippen LogP contribution in [0.1, 0.15) is 44.6 Å². The Balaban J connectivity index is 2.19. The lowest BCUT2D eigenvalue weighted by atomic mass is 9.68. The summed E-state index contributed by atoms with van der Waals surface area (Å²) in [6.45, 7) is 1.93. The van der Waals surface area contributed by atoms with Crippen molar-refractivity contribution in [2.45, 2.75) is 50.0 Å². The molecule has 3 nitrogen and oxygen atoms in total. The molecule has 128 valence electrons. The zero-order valence-electron chi connectivity index (χ0n) is 13.9. The predicted molar refractivity (Wildman–Crippen MR) is 93.2 cm³/mol. The fourth-order valence-electron chi connectivity index (χ4n) is 3.39. The van der Waals surface area contributed by atoms with Gasteiger partial charge in [-0.3, -0.25) is 4.79 Å². The lowest BCUT2D eigenvalue weighted by Gasteiger charge is -2.37. The number of nitrogens with one attached hydrogen (secondary N) is 1. The van der Waals surface area contributed by atoms with Gasteiger partial charge in [-0.05, 0) is 43.7 Å². The minimum atomic E-state index is -0.938. The minimum Gasteiger partial charge on any atom is -0.387 e. The van der Waals surface area contributed by atoms with Crippen molar-refractivity contribution in [2.24, 2.45) is 0 Å². The van der Waals surface area contributed by atoms with Crippen molar-refractivity contribution < 1.29 is 14.3 Å². The SMILES string of the molecule is CSCC(C)(O)CNC(=O)C1(c2cccc(F)c2)CCCCC1. The molecule has 1 saturated carbocycles. The summed E-state index contributed by atoms with van der Waals surface area (Å²) < 4.78 is 13.7. The predicted octanol–water partition coefficient (Wildman–Crippen LogP) is 3.26. The minimum absolute atomic E-state index is 0.0934. The molecule has 1 amide bonds. The molecule has 1 aliphatic carbocycles. The van der Waals surface area contributed by atoms with E-state index in [1.54, 1.807) is 24.8 Å². The zero-order valence-corrected chi connectivity index (χ0v) is 14.7. The summed E-state index contributed by atoms with van der Waals surface area (Å²) in [4.78, 5) is 12.9. The van der Waals surface area contributed by atoms with E-state index in [0.717, 1.165) is 37.7 Å². The van der Waals surface area contributed by atoms with E-state index in [9.17, 15) is 14.3 Å². The maximum Gasteiger partial charge on any atom is 0.230 e. The van der Waals surface area contributed by atoms with Crippen LogP contribution in [-0.2, 0) is 10.2 Å². The molecule has 1 aromatic rings. The van der Waals surface area contributed by atoms with Gasteiger partial charge >= 0.3 is 0 Å². The molecule has 0 heterocycles. The number of hydrogen-bond donors (Lipinski definition) is 2. The van der Waals surface area contributed by atoms with Crippen LogP contribution in [-0.4, -0.2) is 35.2 Å². The van der Waals surface area contributed by atoms with Gasteiger partial charge in [-0.1, -0.05) is 31.4 Å². The fourth-order valence-corrected chi connectivity index (χ4v) is 4.11. The molecule has 1 atom stereocenters. The van der Waals surface area contributed by atoms with E-state index < -0.39 is 11.0 Å². The second kappa shape index (κ2) is 7.67. The molecule has 1 aliphatic rings. The van der Waals surface area contributed by atoms with Gasteiger partial charge in [0.05, 0.1) is 11.0 Å². The molecule has 23 heavy (non-hydrogen) atoms. The molecule has 2 N–H and O–H groups in total. The number of rotatable bonds is 6. The van der Waals surface area contributed by atoms with Crippen molar-refractivity contribution in [1.29, 1.82) is 0 Å². The third-order valence-corrected chi connectivity index (χ3v) is 5.51. The van der Waals surface area contributed by atoms with Crippen LogP contribution in [0.25, 0.3) is 0 Å². The summed E-state index contributed by atoms with van der Waals surface area (Å²) in [5.41, 5.74) is -0.859. The maximum absolute atomic E-state index is 13.7. The number of thioether (sulfide) groups is 1. The third kappa shape index (κ3) is 4.48. The average Bonchev–Trinajstić information content (AvgIpc) is 2.53. The van der Waals surface area contributed by atoms with Crippen molar-refractivity contribution in [3.05, 3.63) is 35.6 Å². The fraction of sp³-hybridized carbons (Fsp3) is 0.611. The largest absolute Gasteiger partial charge is 0.387 e. The third-order valence-electron chi connectivity index (χ3n) is 4.60. The van der Waals surface area contributed by atoms with Gasteiger partial charge in [0.25, 0.3) is 0 Å². The van der Waals surface area contributed by atoms with E-state index in [1.807, 2.05) is 12.3 Å². The van der Waals surface area contributed by atoms with Crippen molar-refractivity contribution in [3.8, 4) is 0 Å². The van der Waals surface area contributed by atoms with Crippen molar-refractivity contribution in [1.82, 2.24) is 5.32 Å². The molecule has 2 rings (SSSR count).